The molecule has 4 heteroatoms. The lowest BCUT2D eigenvalue weighted by molar-refractivity contribution is -0.143. The van der Waals surface area contributed by atoms with Crippen molar-refractivity contribution in [2.24, 2.45) is 11.7 Å². The summed E-state index contributed by atoms with van der Waals surface area (Å²) >= 11 is 0. The Kier molecular flexibility index (Phi) is 3.89. The number of aliphatic carboxylic acids is 1. The molecule has 2 unspecified atom stereocenters. The molecule has 1 heterocycles. The van der Waals surface area contributed by atoms with Gasteiger partial charge in [0.15, 0.2) is 0 Å². The lowest BCUT2D eigenvalue weighted by atomic mass is 9.98. The first-order chi connectivity index (χ1) is 6.52. The molecule has 0 bridgehead atoms. The Morgan fingerprint density at radius 2 is 1.93 bits per heavy atom. The molecular formula is C10H20N2O2. The largest absolute Gasteiger partial charge is 0.481 e. The van der Waals surface area contributed by atoms with Crippen molar-refractivity contribution < 1.29 is 9.90 Å². The number of piperidine rings is 1. The molecule has 1 rings (SSSR count). The van der Waals surface area contributed by atoms with Gasteiger partial charge in [-0.3, -0.25) is 9.69 Å². The number of carboxylic acids is 1. The smallest absolute Gasteiger partial charge is 0.307 e. The Balaban J connectivity index is 2.45. The number of carboxylic acid groups (broad SMARTS) is 1. The predicted octanol–water partition coefficient (Wildman–Crippen LogP) is 0.519. The van der Waals surface area contributed by atoms with Crippen LogP contribution in [-0.4, -0.2) is 41.1 Å². The van der Waals surface area contributed by atoms with E-state index in [1.54, 1.807) is 6.92 Å². The molecule has 0 radical (unpaired) electrons. The zero-order chi connectivity index (χ0) is 10.7. The first kappa shape index (κ1) is 11.5. The Bertz CT molecular complexity index is 200. The molecule has 1 fully saturated rings. The minimum atomic E-state index is -0.715. The molecule has 0 aromatic carbocycles. The normalized spacial score (nSPS) is 24.5. The van der Waals surface area contributed by atoms with Gasteiger partial charge in [0.25, 0.3) is 0 Å². The molecular weight excluding hydrogens is 180 g/mol. The van der Waals surface area contributed by atoms with Gasteiger partial charge in [0.05, 0.1) is 5.92 Å². The molecule has 2 atom stereocenters. The standard InChI is InChI=1S/C10H20N2O2/c1-7(10(13)14)8(2)12-5-3-9(11)4-6-12/h7-9H,3-6,11H2,1-2H3,(H,13,14). The average Bonchev–Trinajstić information content (AvgIpc) is 2.16. The van der Waals surface area contributed by atoms with Gasteiger partial charge in [-0.1, -0.05) is 6.92 Å². The van der Waals surface area contributed by atoms with Gasteiger partial charge in [-0.25, -0.2) is 0 Å². The molecule has 0 aliphatic carbocycles. The van der Waals surface area contributed by atoms with E-state index in [1.807, 2.05) is 6.92 Å². The number of nitrogens with two attached hydrogens (primary N) is 1. The highest BCUT2D eigenvalue weighted by Crippen LogP contribution is 2.16. The molecule has 1 aliphatic rings. The molecule has 4 nitrogen and oxygen atoms in total. The molecule has 0 spiro atoms. The van der Waals surface area contributed by atoms with Crippen molar-refractivity contribution in [1.82, 2.24) is 4.90 Å². The Morgan fingerprint density at radius 1 is 1.43 bits per heavy atom. The summed E-state index contributed by atoms with van der Waals surface area (Å²) < 4.78 is 0. The van der Waals surface area contributed by atoms with E-state index in [-0.39, 0.29) is 12.0 Å². The van der Waals surface area contributed by atoms with Crippen LogP contribution in [0.1, 0.15) is 26.7 Å². The van der Waals surface area contributed by atoms with Crippen molar-refractivity contribution in [3.05, 3.63) is 0 Å². The van der Waals surface area contributed by atoms with Crippen molar-refractivity contribution in [1.29, 1.82) is 0 Å². The van der Waals surface area contributed by atoms with E-state index >= 15 is 0 Å². The van der Waals surface area contributed by atoms with Crippen molar-refractivity contribution in [3.63, 3.8) is 0 Å². The van der Waals surface area contributed by atoms with Gasteiger partial charge in [-0.15, -0.1) is 0 Å². The summed E-state index contributed by atoms with van der Waals surface area (Å²) in [5.74, 6) is -1.02. The maximum atomic E-state index is 10.8. The second-order valence-electron chi connectivity index (χ2n) is 4.24. The average molecular weight is 200 g/mol. The van der Waals surface area contributed by atoms with Gasteiger partial charge >= 0.3 is 5.97 Å². The van der Waals surface area contributed by atoms with Gasteiger partial charge in [-0.2, -0.15) is 0 Å². The number of rotatable bonds is 3. The van der Waals surface area contributed by atoms with Crippen molar-refractivity contribution in [2.75, 3.05) is 13.1 Å². The monoisotopic (exact) mass is 200 g/mol. The fourth-order valence-corrected chi connectivity index (χ4v) is 1.85. The highest BCUT2D eigenvalue weighted by atomic mass is 16.4. The van der Waals surface area contributed by atoms with E-state index in [2.05, 4.69) is 4.90 Å². The molecule has 14 heavy (non-hydrogen) atoms. The lowest BCUT2D eigenvalue weighted by Gasteiger charge is -2.36. The first-order valence-corrected chi connectivity index (χ1v) is 5.24. The first-order valence-electron chi connectivity index (χ1n) is 5.24. The van der Waals surface area contributed by atoms with E-state index in [0.717, 1.165) is 25.9 Å². The zero-order valence-corrected chi connectivity index (χ0v) is 8.94. The van der Waals surface area contributed by atoms with E-state index in [1.165, 1.54) is 0 Å². The molecule has 0 amide bonds. The molecule has 1 aliphatic heterocycles. The van der Waals surface area contributed by atoms with Gasteiger partial charge in [-0.05, 0) is 32.9 Å². The SMILES string of the molecule is CC(C(=O)O)C(C)N1CCC(N)CC1. The van der Waals surface area contributed by atoms with Crippen LogP contribution >= 0.6 is 0 Å². The fourth-order valence-electron chi connectivity index (χ4n) is 1.85. The molecule has 0 aromatic heterocycles. The van der Waals surface area contributed by atoms with E-state index in [0.29, 0.717) is 6.04 Å². The zero-order valence-electron chi connectivity index (χ0n) is 8.94. The summed E-state index contributed by atoms with van der Waals surface area (Å²) in [6, 6.07) is 0.415. The van der Waals surface area contributed by atoms with Crippen LogP contribution in [0.2, 0.25) is 0 Å². The fraction of sp³-hybridized carbons (Fsp3) is 0.900. The Labute approximate surface area is 85.1 Å². The van der Waals surface area contributed by atoms with Crippen LogP contribution in [0.25, 0.3) is 0 Å². The van der Waals surface area contributed by atoms with E-state index in [9.17, 15) is 4.79 Å². The van der Waals surface area contributed by atoms with Gasteiger partial charge in [0.2, 0.25) is 0 Å². The van der Waals surface area contributed by atoms with Crippen LogP contribution in [0.5, 0.6) is 0 Å². The van der Waals surface area contributed by atoms with Crippen LogP contribution < -0.4 is 5.73 Å². The maximum Gasteiger partial charge on any atom is 0.307 e. The number of hydrogen-bond acceptors (Lipinski definition) is 3. The quantitative estimate of drug-likeness (QED) is 0.697. The van der Waals surface area contributed by atoms with Gasteiger partial charge in [0, 0.05) is 12.1 Å². The topological polar surface area (TPSA) is 66.6 Å². The third-order valence-corrected chi connectivity index (χ3v) is 3.26. The van der Waals surface area contributed by atoms with Crippen LogP contribution in [0, 0.1) is 5.92 Å². The lowest BCUT2D eigenvalue weighted by Crippen LogP contribution is -2.47. The minimum Gasteiger partial charge on any atom is -0.481 e. The highest BCUT2D eigenvalue weighted by Gasteiger charge is 2.27. The summed E-state index contributed by atoms with van der Waals surface area (Å²) in [5.41, 5.74) is 5.79. The molecule has 1 saturated heterocycles. The predicted molar refractivity (Wildman–Crippen MR) is 55.0 cm³/mol. The summed E-state index contributed by atoms with van der Waals surface area (Å²) in [7, 11) is 0. The molecule has 82 valence electrons. The van der Waals surface area contributed by atoms with Crippen molar-refractivity contribution in [2.45, 2.75) is 38.8 Å². The highest BCUT2D eigenvalue weighted by molar-refractivity contribution is 5.70. The molecule has 0 aromatic rings. The number of hydrogen-bond donors (Lipinski definition) is 2. The summed E-state index contributed by atoms with van der Waals surface area (Å²) in [6.45, 7) is 5.61. The van der Waals surface area contributed by atoms with Gasteiger partial charge in [0.1, 0.15) is 0 Å². The van der Waals surface area contributed by atoms with Crippen molar-refractivity contribution in [3.8, 4) is 0 Å². The molecule has 0 saturated carbocycles. The second kappa shape index (κ2) is 4.75. The summed E-state index contributed by atoms with van der Waals surface area (Å²) in [5, 5.41) is 8.88. The van der Waals surface area contributed by atoms with Gasteiger partial charge < -0.3 is 10.8 Å². The maximum absolute atomic E-state index is 10.8. The Hall–Kier alpha value is -0.610. The van der Waals surface area contributed by atoms with Crippen LogP contribution in [-0.2, 0) is 4.79 Å². The summed E-state index contributed by atoms with van der Waals surface area (Å²) in [4.78, 5) is 13.0. The number of carbonyl (C=O) groups is 1. The second-order valence-corrected chi connectivity index (χ2v) is 4.24. The molecule has 3 N–H and O–H groups in total. The van der Waals surface area contributed by atoms with Crippen LogP contribution in [0.15, 0.2) is 0 Å². The summed E-state index contributed by atoms with van der Waals surface area (Å²) in [6.07, 6.45) is 1.97. The number of likely N-dealkylation sites (tertiary alicyclic amines) is 1. The Morgan fingerprint density at radius 3 is 2.36 bits per heavy atom. The third kappa shape index (κ3) is 2.69. The van der Waals surface area contributed by atoms with Crippen LogP contribution in [0.4, 0.5) is 0 Å². The van der Waals surface area contributed by atoms with E-state index in [4.69, 9.17) is 10.8 Å². The third-order valence-electron chi connectivity index (χ3n) is 3.26. The van der Waals surface area contributed by atoms with Crippen LogP contribution in [0.3, 0.4) is 0 Å². The van der Waals surface area contributed by atoms with E-state index < -0.39 is 5.97 Å². The minimum absolute atomic E-state index is 0.111. The number of nitrogens with zero attached hydrogens (tertiary/aromatic N) is 1. The van der Waals surface area contributed by atoms with Crippen molar-refractivity contribution >= 4 is 5.97 Å².